The smallest absolute Gasteiger partial charge is 0.240 e. The van der Waals surface area contributed by atoms with Crippen molar-refractivity contribution in [2.75, 3.05) is 0 Å². The van der Waals surface area contributed by atoms with Crippen molar-refractivity contribution in [2.24, 2.45) is 10.2 Å². The van der Waals surface area contributed by atoms with Crippen molar-refractivity contribution < 1.29 is 9.59 Å². The van der Waals surface area contributed by atoms with Crippen LogP contribution < -0.4 is 10.9 Å². The van der Waals surface area contributed by atoms with Gasteiger partial charge in [0.15, 0.2) is 0 Å². The van der Waals surface area contributed by atoms with Gasteiger partial charge in [-0.15, -0.1) is 22.7 Å². The Labute approximate surface area is 167 Å². The zero-order valence-electron chi connectivity index (χ0n) is 15.5. The maximum Gasteiger partial charge on any atom is 0.240 e. The van der Waals surface area contributed by atoms with Crippen LogP contribution in [0.25, 0.3) is 0 Å². The third-order valence-corrected chi connectivity index (χ3v) is 5.46. The predicted octanol–water partition coefficient (Wildman–Crippen LogP) is 3.98. The van der Waals surface area contributed by atoms with Crippen molar-refractivity contribution in [2.45, 2.75) is 46.0 Å². The summed E-state index contributed by atoms with van der Waals surface area (Å²) in [5, 5.41) is 7.90. The van der Waals surface area contributed by atoms with E-state index in [-0.39, 0.29) is 11.8 Å². The summed E-state index contributed by atoms with van der Waals surface area (Å²) in [4.78, 5) is 27.8. The number of hydrazone groups is 2. The maximum absolute atomic E-state index is 11.7. The van der Waals surface area contributed by atoms with Gasteiger partial charge in [-0.1, -0.05) is 6.42 Å². The number of amides is 2. The second-order valence-electron chi connectivity index (χ2n) is 6.04. The summed E-state index contributed by atoms with van der Waals surface area (Å²) in [7, 11) is 0. The first-order valence-corrected chi connectivity index (χ1v) is 10.4. The molecule has 2 N–H and O–H groups in total. The highest BCUT2D eigenvalue weighted by atomic mass is 32.1. The molecule has 0 saturated carbocycles. The molecule has 144 valence electrons. The highest BCUT2D eigenvalue weighted by molar-refractivity contribution is 7.13. The molecule has 2 aromatic heterocycles. The minimum Gasteiger partial charge on any atom is -0.273 e. The van der Waals surface area contributed by atoms with E-state index in [4.69, 9.17) is 0 Å². The first-order valence-electron chi connectivity index (χ1n) is 8.79. The van der Waals surface area contributed by atoms with E-state index in [0.29, 0.717) is 12.8 Å². The monoisotopic (exact) mass is 404 g/mol. The molecule has 0 bridgehead atoms. The molecule has 0 atom stereocenters. The van der Waals surface area contributed by atoms with Crippen LogP contribution >= 0.6 is 22.7 Å². The van der Waals surface area contributed by atoms with Crippen LogP contribution in [0, 0.1) is 13.8 Å². The molecule has 8 heteroatoms. The molecule has 0 saturated heterocycles. The molecular formula is C19H24N4O2S2. The topological polar surface area (TPSA) is 82.9 Å². The van der Waals surface area contributed by atoms with Gasteiger partial charge < -0.3 is 0 Å². The number of carbonyl (C=O) groups is 2. The van der Waals surface area contributed by atoms with E-state index in [1.165, 1.54) is 9.75 Å². The molecule has 0 fully saturated rings. The molecule has 2 rings (SSSR count). The molecule has 2 amide bonds. The van der Waals surface area contributed by atoms with E-state index in [9.17, 15) is 9.59 Å². The number of rotatable bonds is 10. The Bertz CT molecular complexity index is 742. The van der Waals surface area contributed by atoms with Gasteiger partial charge in [-0.05, 0) is 51.0 Å². The number of thiophene rings is 2. The molecule has 27 heavy (non-hydrogen) atoms. The fourth-order valence-electron chi connectivity index (χ4n) is 2.24. The van der Waals surface area contributed by atoms with Gasteiger partial charge in [0, 0.05) is 32.4 Å². The summed E-state index contributed by atoms with van der Waals surface area (Å²) in [5.41, 5.74) is 5.05. The molecule has 2 heterocycles. The van der Waals surface area contributed by atoms with Crippen molar-refractivity contribution in [3.63, 3.8) is 0 Å². The second kappa shape index (κ2) is 11.4. The summed E-state index contributed by atoms with van der Waals surface area (Å²) >= 11 is 3.25. The number of unbranched alkanes of at least 4 members (excludes halogenated alkanes) is 2. The van der Waals surface area contributed by atoms with Gasteiger partial charge in [0.05, 0.1) is 12.4 Å². The molecule has 6 nitrogen and oxygen atoms in total. The average Bonchev–Trinajstić information content (AvgIpc) is 3.23. The molecule has 0 aromatic carbocycles. The molecule has 2 aromatic rings. The molecule has 0 radical (unpaired) electrons. The summed E-state index contributed by atoms with van der Waals surface area (Å²) in [6.07, 6.45) is 6.37. The normalized spacial score (nSPS) is 11.3. The fraction of sp³-hybridized carbons (Fsp3) is 0.368. The lowest BCUT2D eigenvalue weighted by Gasteiger charge is -2.01. The van der Waals surface area contributed by atoms with Crippen LogP contribution in [0.2, 0.25) is 0 Å². The first-order chi connectivity index (χ1) is 13.0. The predicted molar refractivity (Wildman–Crippen MR) is 113 cm³/mol. The molecule has 0 aliphatic carbocycles. The van der Waals surface area contributed by atoms with Gasteiger partial charge in [-0.2, -0.15) is 10.2 Å². The second-order valence-corrected chi connectivity index (χ2v) is 8.68. The van der Waals surface area contributed by atoms with Crippen molar-refractivity contribution in [3.8, 4) is 0 Å². The van der Waals surface area contributed by atoms with Crippen molar-refractivity contribution in [1.82, 2.24) is 10.9 Å². The summed E-state index contributed by atoms with van der Waals surface area (Å²) in [6.45, 7) is 4.05. The van der Waals surface area contributed by atoms with Gasteiger partial charge in [-0.25, -0.2) is 10.9 Å². The third kappa shape index (κ3) is 8.74. The van der Waals surface area contributed by atoms with Crippen molar-refractivity contribution in [1.29, 1.82) is 0 Å². The maximum atomic E-state index is 11.7. The molecule has 0 spiro atoms. The fourth-order valence-corrected chi connectivity index (χ4v) is 3.74. The van der Waals surface area contributed by atoms with E-state index < -0.39 is 0 Å². The Morgan fingerprint density at radius 3 is 1.63 bits per heavy atom. The van der Waals surface area contributed by atoms with E-state index in [1.807, 2.05) is 38.1 Å². The Kier molecular flexibility index (Phi) is 8.86. The molecular weight excluding hydrogens is 380 g/mol. The summed E-state index contributed by atoms with van der Waals surface area (Å²) in [5.74, 6) is -0.223. The third-order valence-electron chi connectivity index (χ3n) is 3.59. The van der Waals surface area contributed by atoms with Crippen LogP contribution in [0.5, 0.6) is 0 Å². The van der Waals surface area contributed by atoms with Gasteiger partial charge in [0.2, 0.25) is 11.8 Å². The van der Waals surface area contributed by atoms with Gasteiger partial charge >= 0.3 is 0 Å². The van der Waals surface area contributed by atoms with Crippen LogP contribution in [0.3, 0.4) is 0 Å². The number of hydrogen-bond acceptors (Lipinski definition) is 6. The number of hydrogen-bond donors (Lipinski definition) is 2. The summed E-state index contributed by atoms with van der Waals surface area (Å²) < 4.78 is 0. The van der Waals surface area contributed by atoms with Crippen LogP contribution in [0.1, 0.15) is 51.6 Å². The lowest BCUT2D eigenvalue weighted by Crippen LogP contribution is -2.18. The Morgan fingerprint density at radius 2 is 1.26 bits per heavy atom. The molecule has 0 aliphatic heterocycles. The van der Waals surface area contributed by atoms with Crippen LogP contribution in [0.15, 0.2) is 34.5 Å². The Morgan fingerprint density at radius 1 is 0.815 bits per heavy atom. The lowest BCUT2D eigenvalue weighted by molar-refractivity contribution is -0.121. The largest absolute Gasteiger partial charge is 0.273 e. The van der Waals surface area contributed by atoms with Crippen molar-refractivity contribution >= 4 is 46.9 Å². The Balaban J connectivity index is 1.50. The van der Waals surface area contributed by atoms with E-state index >= 15 is 0 Å². The van der Waals surface area contributed by atoms with E-state index in [0.717, 1.165) is 29.0 Å². The van der Waals surface area contributed by atoms with E-state index in [1.54, 1.807) is 35.1 Å². The molecule has 0 aliphatic rings. The zero-order chi connectivity index (χ0) is 19.5. The average molecular weight is 405 g/mol. The van der Waals surface area contributed by atoms with Crippen LogP contribution in [-0.4, -0.2) is 24.2 Å². The van der Waals surface area contributed by atoms with Crippen LogP contribution in [-0.2, 0) is 9.59 Å². The number of carbonyl (C=O) groups excluding carboxylic acids is 2. The Hall–Kier alpha value is -2.32. The standard InChI is InChI=1S/C19H24N4O2S2/c1-14-8-10-16(26-14)12-20-22-18(24)6-4-3-5-7-19(25)23-21-13-17-11-9-15(2)27-17/h8-13H,3-7H2,1-2H3,(H,22,24)(H,23,25). The number of aryl methyl sites for hydroxylation is 2. The minimum absolute atomic E-state index is 0.111. The quantitative estimate of drug-likeness (QED) is 0.357. The van der Waals surface area contributed by atoms with Crippen molar-refractivity contribution in [3.05, 3.63) is 43.8 Å². The number of nitrogens with zero attached hydrogens (tertiary/aromatic N) is 2. The molecule has 0 unspecified atom stereocenters. The lowest BCUT2D eigenvalue weighted by atomic mass is 10.1. The van der Waals surface area contributed by atoms with E-state index in [2.05, 4.69) is 21.1 Å². The van der Waals surface area contributed by atoms with Gasteiger partial charge in [0.25, 0.3) is 0 Å². The SMILES string of the molecule is Cc1ccc(C=NNC(=O)CCCCCC(=O)NN=Cc2ccc(C)s2)s1. The highest BCUT2D eigenvalue weighted by Crippen LogP contribution is 2.13. The van der Waals surface area contributed by atoms with Gasteiger partial charge in [-0.3, -0.25) is 9.59 Å². The minimum atomic E-state index is -0.111. The highest BCUT2D eigenvalue weighted by Gasteiger charge is 2.02. The zero-order valence-corrected chi connectivity index (χ0v) is 17.2. The van der Waals surface area contributed by atoms with Gasteiger partial charge in [0.1, 0.15) is 0 Å². The van der Waals surface area contributed by atoms with Crippen LogP contribution in [0.4, 0.5) is 0 Å². The first kappa shape index (κ1) is 21.0. The number of nitrogens with one attached hydrogen (secondary N) is 2. The summed E-state index contributed by atoms with van der Waals surface area (Å²) in [6, 6.07) is 7.95.